The molecule has 2 aromatic carbocycles. The second-order valence-electron chi connectivity index (χ2n) is 5.62. The lowest BCUT2D eigenvalue weighted by molar-refractivity contribution is -0.113. The lowest BCUT2D eigenvalue weighted by Crippen LogP contribution is -2.24. The van der Waals surface area contributed by atoms with Crippen molar-refractivity contribution in [3.8, 4) is 0 Å². The van der Waals surface area contributed by atoms with E-state index < -0.39 is 17.8 Å². The van der Waals surface area contributed by atoms with Crippen molar-refractivity contribution in [1.29, 1.82) is 0 Å². The summed E-state index contributed by atoms with van der Waals surface area (Å²) in [5.41, 5.74) is 1.36. The Labute approximate surface area is 158 Å². The minimum Gasteiger partial charge on any atom is -0.478 e. The highest BCUT2D eigenvalue weighted by atomic mass is 32.2. The maximum atomic E-state index is 12.2. The molecule has 0 saturated heterocycles. The van der Waals surface area contributed by atoms with E-state index in [4.69, 9.17) is 5.11 Å². The van der Waals surface area contributed by atoms with E-state index >= 15 is 0 Å². The molecular weight excluding hydrogens is 368 g/mol. The van der Waals surface area contributed by atoms with Gasteiger partial charge >= 0.3 is 11.9 Å². The highest BCUT2D eigenvalue weighted by Gasteiger charge is 2.26. The first-order chi connectivity index (χ1) is 12.9. The molecule has 7 nitrogen and oxygen atoms in total. The molecule has 0 aromatic heterocycles. The maximum Gasteiger partial charge on any atom is 0.337 e. The molecule has 1 aliphatic heterocycles. The van der Waals surface area contributed by atoms with E-state index in [1.807, 2.05) is 0 Å². The molecule has 3 rings (SSSR count). The summed E-state index contributed by atoms with van der Waals surface area (Å²) in [6.45, 7) is 0. The predicted molar refractivity (Wildman–Crippen MR) is 103 cm³/mol. The molecule has 136 valence electrons. The number of amides is 1. The molecule has 0 atom stereocenters. The zero-order valence-corrected chi connectivity index (χ0v) is 14.9. The van der Waals surface area contributed by atoms with E-state index in [2.05, 4.69) is 4.99 Å². The van der Waals surface area contributed by atoms with Gasteiger partial charge in [0.1, 0.15) is 0 Å². The van der Waals surface area contributed by atoms with Gasteiger partial charge in [-0.15, -0.1) is 0 Å². The third-order valence-electron chi connectivity index (χ3n) is 3.85. The van der Waals surface area contributed by atoms with Gasteiger partial charge in [-0.3, -0.25) is 4.79 Å². The van der Waals surface area contributed by atoms with Crippen LogP contribution in [-0.4, -0.2) is 40.3 Å². The average molecular weight is 382 g/mol. The number of hydrogen-bond donors (Lipinski definition) is 2. The Balaban J connectivity index is 1.83. The Morgan fingerprint density at radius 2 is 1.70 bits per heavy atom. The fourth-order valence-corrected chi connectivity index (χ4v) is 3.35. The van der Waals surface area contributed by atoms with Crippen LogP contribution in [0.15, 0.2) is 58.4 Å². The smallest absolute Gasteiger partial charge is 0.337 e. The summed E-state index contributed by atoms with van der Waals surface area (Å²) in [6, 6.07) is 12.6. The van der Waals surface area contributed by atoms with E-state index in [1.54, 1.807) is 48.4 Å². The van der Waals surface area contributed by atoms with Crippen molar-refractivity contribution >= 4 is 46.5 Å². The first-order valence-electron chi connectivity index (χ1n) is 7.79. The quantitative estimate of drug-likeness (QED) is 0.782. The third-order valence-corrected chi connectivity index (χ3v) is 4.91. The SMILES string of the molecule is CN(C1=NC(=O)/C(=C/c2ccc(C(=O)O)cc2)S1)c1ccccc1C(=O)O. The van der Waals surface area contributed by atoms with Crippen LogP contribution in [0.1, 0.15) is 26.3 Å². The van der Waals surface area contributed by atoms with E-state index in [0.717, 1.165) is 11.8 Å². The Morgan fingerprint density at radius 3 is 2.33 bits per heavy atom. The zero-order chi connectivity index (χ0) is 19.6. The largest absolute Gasteiger partial charge is 0.478 e. The normalized spacial score (nSPS) is 14.9. The van der Waals surface area contributed by atoms with Crippen LogP contribution in [0.5, 0.6) is 0 Å². The van der Waals surface area contributed by atoms with Gasteiger partial charge in [0.25, 0.3) is 5.91 Å². The number of carboxylic acids is 2. The molecule has 0 fully saturated rings. The van der Waals surface area contributed by atoms with Gasteiger partial charge in [-0.25, -0.2) is 9.59 Å². The Kier molecular flexibility index (Phi) is 5.09. The lowest BCUT2D eigenvalue weighted by Gasteiger charge is -2.19. The number of carboxylic acid groups (broad SMARTS) is 2. The highest BCUT2D eigenvalue weighted by Crippen LogP contribution is 2.32. The van der Waals surface area contributed by atoms with Crippen LogP contribution in [0.4, 0.5) is 5.69 Å². The van der Waals surface area contributed by atoms with Crippen LogP contribution in [-0.2, 0) is 4.79 Å². The molecule has 0 bridgehead atoms. The number of hydrogen-bond acceptors (Lipinski definition) is 5. The Hall–Kier alpha value is -3.39. The van der Waals surface area contributed by atoms with E-state index in [0.29, 0.717) is 21.3 Å². The van der Waals surface area contributed by atoms with Crippen LogP contribution in [0.3, 0.4) is 0 Å². The van der Waals surface area contributed by atoms with Crippen LogP contribution in [0.25, 0.3) is 6.08 Å². The molecule has 27 heavy (non-hydrogen) atoms. The Morgan fingerprint density at radius 1 is 1.04 bits per heavy atom. The molecule has 0 spiro atoms. The number of amidine groups is 1. The highest BCUT2D eigenvalue weighted by molar-refractivity contribution is 8.18. The van der Waals surface area contributed by atoms with Gasteiger partial charge in [0.2, 0.25) is 0 Å². The van der Waals surface area contributed by atoms with Gasteiger partial charge in [-0.2, -0.15) is 4.99 Å². The van der Waals surface area contributed by atoms with E-state index in [1.165, 1.54) is 18.2 Å². The van der Waals surface area contributed by atoms with Crippen molar-refractivity contribution < 1.29 is 24.6 Å². The zero-order valence-electron chi connectivity index (χ0n) is 14.1. The predicted octanol–water partition coefficient (Wildman–Crippen LogP) is 3.19. The summed E-state index contributed by atoms with van der Waals surface area (Å²) in [5, 5.41) is 18.6. The molecule has 2 aromatic rings. The lowest BCUT2D eigenvalue weighted by atomic mass is 10.1. The third kappa shape index (κ3) is 3.90. The Bertz CT molecular complexity index is 995. The molecular formula is C19H14N2O5S. The number of aromatic carboxylic acids is 2. The second-order valence-corrected chi connectivity index (χ2v) is 6.63. The molecule has 0 radical (unpaired) electrons. The van der Waals surface area contributed by atoms with Crippen molar-refractivity contribution in [2.45, 2.75) is 0 Å². The summed E-state index contributed by atoms with van der Waals surface area (Å²) >= 11 is 1.13. The minimum absolute atomic E-state index is 0.109. The van der Waals surface area contributed by atoms with Crippen LogP contribution < -0.4 is 4.90 Å². The first kappa shape index (κ1) is 18.4. The number of carbonyl (C=O) groups is 3. The van der Waals surface area contributed by atoms with Gasteiger partial charge in [0.05, 0.1) is 21.7 Å². The standard InChI is InChI=1S/C19H14N2O5S/c1-21(14-5-3-2-4-13(14)18(25)26)19-20-16(22)15(27-19)10-11-6-8-12(9-7-11)17(23)24/h2-10H,1H3,(H,23,24)(H,25,26)/b15-10-. The summed E-state index contributed by atoms with van der Waals surface area (Å²) in [5.74, 6) is -2.52. The number of carbonyl (C=O) groups excluding carboxylic acids is 1. The van der Waals surface area contributed by atoms with Crippen LogP contribution in [0, 0.1) is 0 Å². The molecule has 1 heterocycles. The number of aliphatic imine (C=N–C) groups is 1. The molecule has 1 amide bonds. The van der Waals surface area contributed by atoms with Crippen molar-refractivity contribution in [3.05, 3.63) is 70.1 Å². The van der Waals surface area contributed by atoms with E-state index in [-0.39, 0.29) is 11.1 Å². The molecule has 0 saturated carbocycles. The molecule has 0 unspecified atom stereocenters. The average Bonchev–Trinajstić information content (AvgIpc) is 3.02. The van der Waals surface area contributed by atoms with Crippen molar-refractivity contribution in [1.82, 2.24) is 0 Å². The first-order valence-corrected chi connectivity index (χ1v) is 8.60. The summed E-state index contributed by atoms with van der Waals surface area (Å²) in [4.78, 5) is 40.4. The van der Waals surface area contributed by atoms with Crippen LogP contribution >= 0.6 is 11.8 Å². The van der Waals surface area contributed by atoms with Gasteiger partial charge < -0.3 is 15.1 Å². The van der Waals surface area contributed by atoms with Crippen LogP contribution in [0.2, 0.25) is 0 Å². The number of benzene rings is 2. The summed E-state index contributed by atoms with van der Waals surface area (Å²) in [6.07, 6.45) is 1.62. The molecule has 0 aliphatic carbocycles. The monoisotopic (exact) mass is 382 g/mol. The van der Waals surface area contributed by atoms with E-state index in [9.17, 15) is 19.5 Å². The number of rotatable bonds is 4. The van der Waals surface area contributed by atoms with Crippen molar-refractivity contribution in [3.63, 3.8) is 0 Å². The number of para-hydroxylation sites is 1. The van der Waals surface area contributed by atoms with Crippen molar-refractivity contribution in [2.75, 3.05) is 11.9 Å². The van der Waals surface area contributed by atoms with Crippen molar-refractivity contribution in [2.24, 2.45) is 4.99 Å². The topological polar surface area (TPSA) is 107 Å². The minimum atomic E-state index is -1.07. The number of thioether (sulfide) groups is 1. The second kappa shape index (κ2) is 7.46. The number of anilines is 1. The van der Waals surface area contributed by atoms with Gasteiger partial charge in [-0.1, -0.05) is 24.3 Å². The number of nitrogens with zero attached hydrogens (tertiary/aromatic N) is 2. The fourth-order valence-electron chi connectivity index (χ4n) is 2.46. The molecule has 2 N–H and O–H groups in total. The van der Waals surface area contributed by atoms with Gasteiger partial charge in [0, 0.05) is 7.05 Å². The maximum absolute atomic E-state index is 12.2. The molecule has 8 heteroatoms. The van der Waals surface area contributed by atoms with Gasteiger partial charge in [-0.05, 0) is 47.7 Å². The molecule has 1 aliphatic rings. The summed E-state index contributed by atoms with van der Waals surface area (Å²) < 4.78 is 0. The summed E-state index contributed by atoms with van der Waals surface area (Å²) in [7, 11) is 1.64. The fraction of sp³-hybridized carbons (Fsp3) is 0.0526. The van der Waals surface area contributed by atoms with Gasteiger partial charge in [0.15, 0.2) is 5.17 Å².